The van der Waals surface area contributed by atoms with E-state index in [-0.39, 0.29) is 11.6 Å². The molecule has 0 unspecified atom stereocenters. The van der Waals surface area contributed by atoms with E-state index in [1.165, 1.54) is 19.5 Å². The lowest BCUT2D eigenvalue weighted by Gasteiger charge is -2.10. The topological polar surface area (TPSA) is 93.2 Å². The highest BCUT2D eigenvalue weighted by molar-refractivity contribution is 6.31. The minimum atomic E-state index is -0.441. The number of halogens is 1. The molecule has 3 aromatic rings. The largest absolute Gasteiger partial charge is 0.465 e. The van der Waals surface area contributed by atoms with Crippen LogP contribution in [-0.4, -0.2) is 29.0 Å². The lowest BCUT2D eigenvalue weighted by Crippen LogP contribution is -2.15. The van der Waals surface area contributed by atoms with Gasteiger partial charge < -0.3 is 15.4 Å². The van der Waals surface area contributed by atoms with E-state index in [4.69, 9.17) is 16.3 Å². The van der Waals surface area contributed by atoms with Crippen LogP contribution < -0.4 is 10.6 Å². The first-order valence-corrected chi connectivity index (χ1v) is 8.69. The Labute approximate surface area is 166 Å². The minimum Gasteiger partial charge on any atom is -0.465 e. The number of rotatable bonds is 5. The van der Waals surface area contributed by atoms with Gasteiger partial charge in [0.15, 0.2) is 0 Å². The molecule has 28 heavy (non-hydrogen) atoms. The van der Waals surface area contributed by atoms with Crippen molar-refractivity contribution in [2.45, 2.75) is 6.92 Å². The van der Waals surface area contributed by atoms with Crippen LogP contribution in [0.25, 0.3) is 0 Å². The van der Waals surface area contributed by atoms with E-state index in [2.05, 4.69) is 20.6 Å². The molecule has 0 bridgehead atoms. The fourth-order valence-corrected chi connectivity index (χ4v) is 2.64. The van der Waals surface area contributed by atoms with E-state index in [9.17, 15) is 9.59 Å². The maximum Gasteiger partial charge on any atom is 0.337 e. The summed E-state index contributed by atoms with van der Waals surface area (Å²) in [7, 11) is 1.32. The van der Waals surface area contributed by atoms with Gasteiger partial charge in [0.25, 0.3) is 5.91 Å². The lowest BCUT2D eigenvalue weighted by molar-refractivity contribution is 0.0600. The van der Waals surface area contributed by atoms with Crippen molar-refractivity contribution in [1.82, 2.24) is 9.97 Å². The Bertz CT molecular complexity index is 1040. The molecule has 0 radical (unpaired) electrons. The van der Waals surface area contributed by atoms with Crippen molar-refractivity contribution >= 4 is 40.7 Å². The molecule has 0 saturated carbocycles. The molecule has 3 rings (SSSR count). The number of nitrogens with zero attached hydrogens (tertiary/aromatic N) is 2. The number of anilines is 3. The van der Waals surface area contributed by atoms with Crippen LogP contribution in [0.1, 0.15) is 26.4 Å². The van der Waals surface area contributed by atoms with Crippen molar-refractivity contribution in [1.29, 1.82) is 0 Å². The number of benzene rings is 2. The van der Waals surface area contributed by atoms with E-state index in [1.807, 2.05) is 6.92 Å². The molecule has 1 aromatic heterocycles. The summed E-state index contributed by atoms with van der Waals surface area (Å²) in [5.41, 5.74) is 2.58. The number of carbonyl (C=O) groups excluding carboxylic acids is 2. The number of amides is 1. The number of methoxy groups -OCH3 is 1. The van der Waals surface area contributed by atoms with Crippen molar-refractivity contribution < 1.29 is 14.3 Å². The van der Waals surface area contributed by atoms with Gasteiger partial charge in [-0.2, -0.15) is 0 Å². The van der Waals surface area contributed by atoms with Crippen molar-refractivity contribution in [3.63, 3.8) is 0 Å². The molecule has 8 heteroatoms. The van der Waals surface area contributed by atoms with Gasteiger partial charge in [0, 0.05) is 22.5 Å². The summed E-state index contributed by atoms with van der Waals surface area (Å²) in [6.07, 6.45) is 1.28. The maximum absolute atomic E-state index is 12.5. The average Bonchev–Trinajstić information content (AvgIpc) is 2.71. The van der Waals surface area contributed by atoms with Gasteiger partial charge in [0.05, 0.1) is 12.7 Å². The molecule has 1 heterocycles. The Kier molecular flexibility index (Phi) is 5.86. The third kappa shape index (κ3) is 4.44. The number of hydrogen-bond donors (Lipinski definition) is 2. The molecular weight excluding hydrogens is 380 g/mol. The molecule has 0 fully saturated rings. The number of carbonyl (C=O) groups is 2. The molecule has 2 N–H and O–H groups in total. The van der Waals surface area contributed by atoms with Crippen molar-refractivity contribution in [2.24, 2.45) is 0 Å². The number of esters is 1. The van der Waals surface area contributed by atoms with E-state index < -0.39 is 5.97 Å². The number of aromatic nitrogens is 2. The molecule has 0 aliphatic rings. The minimum absolute atomic E-state index is 0.181. The summed E-state index contributed by atoms with van der Waals surface area (Å²) in [5.74, 6) is -0.424. The quantitative estimate of drug-likeness (QED) is 0.627. The molecule has 0 spiro atoms. The van der Waals surface area contributed by atoms with Gasteiger partial charge in [0.2, 0.25) is 0 Å². The zero-order valence-corrected chi connectivity index (χ0v) is 15.9. The van der Waals surface area contributed by atoms with E-state index in [1.54, 1.807) is 42.5 Å². The SMILES string of the molecule is COC(=O)c1cccc(Nc2cc(C(=O)Nc3cccc(Cl)c3C)ncn2)c1. The summed E-state index contributed by atoms with van der Waals surface area (Å²) in [4.78, 5) is 32.3. The number of nitrogens with one attached hydrogen (secondary N) is 2. The van der Waals surface area contributed by atoms with Crippen LogP contribution in [-0.2, 0) is 4.74 Å². The van der Waals surface area contributed by atoms with Gasteiger partial charge in [-0.15, -0.1) is 0 Å². The van der Waals surface area contributed by atoms with Crippen molar-refractivity contribution in [3.05, 3.63) is 76.7 Å². The summed E-state index contributed by atoms with van der Waals surface area (Å²) in [6, 6.07) is 13.5. The Morgan fingerprint density at radius 1 is 1.07 bits per heavy atom. The van der Waals surface area contributed by atoms with Gasteiger partial charge >= 0.3 is 5.97 Å². The van der Waals surface area contributed by atoms with Crippen LogP contribution in [0.4, 0.5) is 17.2 Å². The van der Waals surface area contributed by atoms with Gasteiger partial charge in [-0.1, -0.05) is 23.7 Å². The fourth-order valence-electron chi connectivity index (χ4n) is 2.47. The molecule has 142 valence electrons. The van der Waals surface area contributed by atoms with Gasteiger partial charge in [-0.3, -0.25) is 4.79 Å². The first-order valence-electron chi connectivity index (χ1n) is 8.32. The molecular formula is C20H17ClN4O3. The second kappa shape index (κ2) is 8.49. The van der Waals surface area contributed by atoms with Crippen LogP contribution in [0.15, 0.2) is 54.9 Å². The summed E-state index contributed by atoms with van der Waals surface area (Å²) < 4.78 is 4.71. The summed E-state index contributed by atoms with van der Waals surface area (Å²) >= 11 is 6.08. The summed E-state index contributed by atoms with van der Waals surface area (Å²) in [6.45, 7) is 1.82. The highest BCUT2D eigenvalue weighted by Gasteiger charge is 2.12. The molecule has 1 amide bonds. The Morgan fingerprint density at radius 2 is 1.86 bits per heavy atom. The highest BCUT2D eigenvalue weighted by atomic mass is 35.5. The third-order valence-electron chi connectivity index (χ3n) is 3.97. The van der Waals surface area contributed by atoms with Gasteiger partial charge in [-0.25, -0.2) is 14.8 Å². The Balaban J connectivity index is 1.78. The van der Waals surface area contributed by atoms with Gasteiger partial charge in [0.1, 0.15) is 17.8 Å². The first-order chi connectivity index (χ1) is 13.5. The standard InChI is InChI=1S/C20H17ClN4O3/c1-12-15(21)7-4-8-16(12)25-19(26)17-10-18(23-11-22-17)24-14-6-3-5-13(9-14)20(27)28-2/h3-11H,1-2H3,(H,25,26)(H,22,23,24). The van der Waals surface area contributed by atoms with E-state index in [0.29, 0.717) is 27.8 Å². The van der Waals surface area contributed by atoms with Crippen molar-refractivity contribution in [3.8, 4) is 0 Å². The molecule has 0 aliphatic heterocycles. The second-order valence-electron chi connectivity index (χ2n) is 5.85. The predicted molar refractivity (Wildman–Crippen MR) is 107 cm³/mol. The monoisotopic (exact) mass is 396 g/mol. The lowest BCUT2D eigenvalue weighted by atomic mass is 10.2. The predicted octanol–water partition coefficient (Wildman–Crippen LogP) is 4.22. The van der Waals surface area contributed by atoms with Crippen LogP contribution >= 0.6 is 11.6 Å². The van der Waals surface area contributed by atoms with Gasteiger partial charge in [-0.05, 0) is 42.8 Å². The van der Waals surface area contributed by atoms with Crippen LogP contribution in [0, 0.1) is 6.92 Å². The first kappa shape index (κ1) is 19.3. The Morgan fingerprint density at radius 3 is 2.64 bits per heavy atom. The molecule has 7 nitrogen and oxygen atoms in total. The van der Waals surface area contributed by atoms with E-state index in [0.717, 1.165) is 5.56 Å². The maximum atomic E-state index is 12.5. The fraction of sp³-hybridized carbons (Fsp3) is 0.100. The zero-order valence-electron chi connectivity index (χ0n) is 15.2. The normalized spacial score (nSPS) is 10.2. The van der Waals surface area contributed by atoms with Crippen molar-refractivity contribution in [2.75, 3.05) is 17.7 Å². The Hall–Kier alpha value is -3.45. The number of hydrogen-bond acceptors (Lipinski definition) is 6. The second-order valence-corrected chi connectivity index (χ2v) is 6.26. The average molecular weight is 397 g/mol. The third-order valence-corrected chi connectivity index (χ3v) is 4.38. The van der Waals surface area contributed by atoms with E-state index >= 15 is 0 Å². The molecule has 0 aliphatic carbocycles. The van der Waals surface area contributed by atoms with Crippen LogP contribution in [0.2, 0.25) is 5.02 Å². The molecule has 2 aromatic carbocycles. The highest BCUT2D eigenvalue weighted by Crippen LogP contribution is 2.23. The molecule has 0 atom stereocenters. The van der Waals surface area contributed by atoms with Crippen LogP contribution in [0.3, 0.4) is 0 Å². The molecule has 0 saturated heterocycles. The van der Waals surface area contributed by atoms with Crippen LogP contribution in [0.5, 0.6) is 0 Å². The summed E-state index contributed by atoms with van der Waals surface area (Å²) in [5, 5.41) is 6.39. The smallest absolute Gasteiger partial charge is 0.337 e. The zero-order chi connectivity index (χ0) is 20.1. The number of ether oxygens (including phenoxy) is 1.